The summed E-state index contributed by atoms with van der Waals surface area (Å²) in [4.78, 5) is 22.9. The maximum Gasteiger partial charge on any atom is 0.405 e. The number of nitrogens with one attached hydrogen (secondary N) is 2. The number of ether oxygens (including phenoxy) is 1. The fraction of sp³-hybridized carbons (Fsp3) is 0.200. The molecule has 0 aliphatic rings. The molecule has 0 radical (unpaired) electrons. The third kappa shape index (κ3) is 6.21. The van der Waals surface area contributed by atoms with E-state index >= 15 is 0 Å². The predicted octanol–water partition coefficient (Wildman–Crippen LogP) is 2.19. The van der Waals surface area contributed by atoms with Gasteiger partial charge in [0.15, 0.2) is 0 Å². The van der Waals surface area contributed by atoms with Crippen molar-refractivity contribution >= 4 is 12.0 Å². The number of amides is 2. The lowest BCUT2D eigenvalue weighted by atomic mass is 10.1. The van der Waals surface area contributed by atoms with Crippen molar-refractivity contribution in [2.75, 3.05) is 6.54 Å². The molecular formula is C20H20N2O4. The molecule has 2 aromatic rings. The quantitative estimate of drug-likeness (QED) is 0.636. The first-order chi connectivity index (χ1) is 12.6. The summed E-state index contributed by atoms with van der Waals surface area (Å²) >= 11 is 0. The fourth-order valence-electron chi connectivity index (χ4n) is 2.32. The zero-order chi connectivity index (χ0) is 18.8. The second-order valence-electron chi connectivity index (χ2n) is 5.55. The van der Waals surface area contributed by atoms with Gasteiger partial charge in [-0.3, -0.25) is 4.79 Å². The summed E-state index contributed by atoms with van der Waals surface area (Å²) in [5.74, 6) is 2.51. The van der Waals surface area contributed by atoms with Gasteiger partial charge >= 0.3 is 6.09 Å². The molecule has 0 spiro atoms. The zero-order valence-corrected chi connectivity index (χ0v) is 14.1. The van der Waals surface area contributed by atoms with E-state index in [9.17, 15) is 9.59 Å². The molecule has 0 aromatic heterocycles. The Bertz CT molecular complexity index is 767. The SMILES string of the molecule is C#CCNC(=O)C(Cc1ccc(OCc2ccccc2)cc1)NC(=O)O. The smallest absolute Gasteiger partial charge is 0.405 e. The third-order valence-corrected chi connectivity index (χ3v) is 3.59. The Hall–Kier alpha value is -3.46. The van der Waals surface area contributed by atoms with Gasteiger partial charge in [0.05, 0.1) is 6.54 Å². The highest BCUT2D eigenvalue weighted by Crippen LogP contribution is 2.15. The Morgan fingerprint density at radius 1 is 1.08 bits per heavy atom. The first-order valence-corrected chi connectivity index (χ1v) is 8.05. The van der Waals surface area contributed by atoms with Crippen LogP contribution < -0.4 is 15.4 Å². The van der Waals surface area contributed by atoms with Crippen LogP contribution in [0.1, 0.15) is 11.1 Å². The van der Waals surface area contributed by atoms with Crippen LogP contribution in [0.5, 0.6) is 5.75 Å². The van der Waals surface area contributed by atoms with Crippen LogP contribution in [0.2, 0.25) is 0 Å². The Morgan fingerprint density at radius 2 is 1.77 bits per heavy atom. The summed E-state index contributed by atoms with van der Waals surface area (Å²) in [6.07, 6.45) is 4.04. The normalized spacial score (nSPS) is 11.0. The van der Waals surface area contributed by atoms with E-state index in [1.807, 2.05) is 30.3 Å². The summed E-state index contributed by atoms with van der Waals surface area (Å²) in [7, 11) is 0. The third-order valence-electron chi connectivity index (χ3n) is 3.59. The minimum atomic E-state index is -1.27. The van der Waals surface area contributed by atoms with Crippen LogP contribution in [-0.2, 0) is 17.8 Å². The van der Waals surface area contributed by atoms with E-state index in [1.165, 1.54) is 0 Å². The van der Waals surface area contributed by atoms with Crippen molar-refractivity contribution in [3.8, 4) is 18.1 Å². The molecule has 0 aliphatic heterocycles. The van der Waals surface area contributed by atoms with E-state index in [-0.39, 0.29) is 13.0 Å². The number of terminal acetylenes is 1. The minimum absolute atomic E-state index is 0.0445. The maximum atomic E-state index is 12.0. The van der Waals surface area contributed by atoms with E-state index in [0.717, 1.165) is 11.1 Å². The van der Waals surface area contributed by atoms with Gasteiger partial charge in [0.2, 0.25) is 5.91 Å². The van der Waals surface area contributed by atoms with E-state index in [2.05, 4.69) is 16.6 Å². The van der Waals surface area contributed by atoms with Crippen LogP contribution >= 0.6 is 0 Å². The van der Waals surface area contributed by atoms with Crippen molar-refractivity contribution in [1.82, 2.24) is 10.6 Å². The number of benzene rings is 2. The molecule has 0 saturated carbocycles. The molecule has 6 heteroatoms. The standard InChI is InChI=1S/C20H20N2O4/c1-2-12-21-19(23)18(22-20(24)25)13-15-8-10-17(11-9-15)26-14-16-6-4-3-5-7-16/h1,3-11,18,22H,12-14H2,(H,21,23)(H,24,25). The highest BCUT2D eigenvalue weighted by atomic mass is 16.5. The van der Waals surface area contributed by atoms with Crippen LogP contribution in [0.3, 0.4) is 0 Å². The van der Waals surface area contributed by atoms with Gasteiger partial charge in [-0.15, -0.1) is 6.42 Å². The fourth-order valence-corrected chi connectivity index (χ4v) is 2.32. The first-order valence-electron chi connectivity index (χ1n) is 8.05. The Morgan fingerprint density at radius 3 is 2.38 bits per heavy atom. The molecule has 2 rings (SSSR count). The molecule has 6 nitrogen and oxygen atoms in total. The van der Waals surface area contributed by atoms with Crippen molar-refractivity contribution in [2.45, 2.75) is 19.1 Å². The summed E-state index contributed by atoms with van der Waals surface area (Å²) in [6.45, 7) is 0.501. The van der Waals surface area contributed by atoms with Crippen molar-refractivity contribution in [3.63, 3.8) is 0 Å². The molecular weight excluding hydrogens is 332 g/mol. The highest BCUT2D eigenvalue weighted by molar-refractivity contribution is 5.85. The van der Waals surface area contributed by atoms with Gasteiger partial charge in [-0.1, -0.05) is 48.4 Å². The number of carboxylic acid groups (broad SMARTS) is 1. The molecule has 2 aromatic carbocycles. The predicted molar refractivity (Wildman–Crippen MR) is 97.7 cm³/mol. The lowest BCUT2D eigenvalue weighted by Crippen LogP contribution is -2.47. The van der Waals surface area contributed by atoms with Gasteiger partial charge in [0.25, 0.3) is 0 Å². The molecule has 1 atom stereocenters. The average molecular weight is 352 g/mol. The van der Waals surface area contributed by atoms with Crippen LogP contribution in [0.4, 0.5) is 4.79 Å². The summed E-state index contributed by atoms with van der Waals surface area (Å²) in [6, 6.07) is 16.0. The van der Waals surface area contributed by atoms with Gasteiger partial charge in [-0.25, -0.2) is 4.79 Å². The van der Waals surface area contributed by atoms with Crippen LogP contribution in [0.25, 0.3) is 0 Å². The summed E-state index contributed by atoms with van der Waals surface area (Å²) in [5, 5.41) is 13.6. The second-order valence-corrected chi connectivity index (χ2v) is 5.55. The van der Waals surface area contributed by atoms with E-state index in [0.29, 0.717) is 12.4 Å². The molecule has 0 heterocycles. The van der Waals surface area contributed by atoms with Crippen LogP contribution in [0.15, 0.2) is 54.6 Å². The molecule has 1 unspecified atom stereocenters. The van der Waals surface area contributed by atoms with Gasteiger partial charge in [0.1, 0.15) is 18.4 Å². The van der Waals surface area contributed by atoms with Gasteiger partial charge in [0, 0.05) is 6.42 Å². The molecule has 3 N–H and O–H groups in total. The largest absolute Gasteiger partial charge is 0.489 e. The molecule has 2 amide bonds. The molecule has 134 valence electrons. The number of hydrogen-bond donors (Lipinski definition) is 3. The van der Waals surface area contributed by atoms with Crippen LogP contribution in [0, 0.1) is 12.3 Å². The maximum absolute atomic E-state index is 12.0. The lowest BCUT2D eigenvalue weighted by molar-refractivity contribution is -0.122. The zero-order valence-electron chi connectivity index (χ0n) is 14.1. The number of rotatable bonds is 8. The van der Waals surface area contributed by atoms with E-state index in [4.69, 9.17) is 16.3 Å². The Kier molecular flexibility index (Phi) is 7.07. The summed E-state index contributed by atoms with van der Waals surface area (Å²) < 4.78 is 5.71. The van der Waals surface area contributed by atoms with Gasteiger partial charge < -0.3 is 20.5 Å². The molecule has 26 heavy (non-hydrogen) atoms. The Balaban J connectivity index is 1.95. The van der Waals surface area contributed by atoms with Gasteiger partial charge in [-0.05, 0) is 23.3 Å². The summed E-state index contributed by atoms with van der Waals surface area (Å²) in [5.41, 5.74) is 1.86. The molecule has 0 aliphatic carbocycles. The highest BCUT2D eigenvalue weighted by Gasteiger charge is 2.20. The molecule has 0 bridgehead atoms. The van der Waals surface area contributed by atoms with Crippen molar-refractivity contribution in [2.24, 2.45) is 0 Å². The van der Waals surface area contributed by atoms with Gasteiger partial charge in [-0.2, -0.15) is 0 Å². The van der Waals surface area contributed by atoms with E-state index in [1.54, 1.807) is 24.3 Å². The van der Waals surface area contributed by atoms with Crippen molar-refractivity contribution in [3.05, 3.63) is 65.7 Å². The number of carbonyl (C=O) groups is 2. The first kappa shape index (κ1) is 18.9. The van der Waals surface area contributed by atoms with E-state index < -0.39 is 18.0 Å². The minimum Gasteiger partial charge on any atom is -0.489 e. The van der Waals surface area contributed by atoms with Crippen LogP contribution in [-0.4, -0.2) is 29.7 Å². The molecule has 0 saturated heterocycles. The Labute approximate surface area is 152 Å². The number of carbonyl (C=O) groups excluding carboxylic acids is 1. The number of hydrogen-bond acceptors (Lipinski definition) is 3. The lowest BCUT2D eigenvalue weighted by Gasteiger charge is -2.16. The van der Waals surface area contributed by atoms with Crippen molar-refractivity contribution < 1.29 is 19.4 Å². The topological polar surface area (TPSA) is 87.7 Å². The average Bonchev–Trinajstić information content (AvgIpc) is 2.65. The second kappa shape index (κ2) is 9.74. The molecule has 0 fully saturated rings. The van der Waals surface area contributed by atoms with Crippen molar-refractivity contribution in [1.29, 1.82) is 0 Å². The monoisotopic (exact) mass is 352 g/mol.